The second kappa shape index (κ2) is 13.2. The van der Waals surface area contributed by atoms with Gasteiger partial charge in [-0.2, -0.15) is 5.26 Å². The minimum atomic E-state index is -0.522. The largest absolute Gasteiger partial charge is 0.497 e. The SMILES string of the molecule is COc1ccc(/C=C(\C#N)C(=O)Nc2ccc(OCc3ccc(C)cc3)cc2)c(OCc2ccc(C)c(C)c2)c1. The Balaban J connectivity index is 1.44. The molecule has 0 heterocycles. The van der Waals surface area contributed by atoms with E-state index in [1.165, 1.54) is 22.8 Å². The average molecular weight is 533 g/mol. The molecule has 0 aliphatic carbocycles. The molecule has 0 radical (unpaired) electrons. The second-order valence-corrected chi connectivity index (χ2v) is 9.53. The summed E-state index contributed by atoms with van der Waals surface area (Å²) in [4.78, 5) is 13.0. The third-order valence-corrected chi connectivity index (χ3v) is 6.49. The summed E-state index contributed by atoms with van der Waals surface area (Å²) >= 11 is 0. The number of hydrogen-bond acceptors (Lipinski definition) is 5. The number of anilines is 1. The Hall–Kier alpha value is -5.02. The lowest BCUT2D eigenvalue weighted by Crippen LogP contribution is -2.13. The van der Waals surface area contributed by atoms with Gasteiger partial charge in [0.15, 0.2) is 0 Å². The van der Waals surface area contributed by atoms with Gasteiger partial charge in [0.2, 0.25) is 0 Å². The minimum absolute atomic E-state index is 0.0547. The molecule has 202 valence electrons. The summed E-state index contributed by atoms with van der Waals surface area (Å²) in [6.07, 6.45) is 1.52. The predicted octanol–water partition coefficient (Wildman–Crippen LogP) is 7.32. The molecule has 0 saturated carbocycles. The number of aryl methyl sites for hydroxylation is 3. The number of rotatable bonds is 10. The monoisotopic (exact) mass is 532 g/mol. The molecule has 0 aromatic heterocycles. The first-order valence-electron chi connectivity index (χ1n) is 12.9. The molecule has 0 spiro atoms. The van der Waals surface area contributed by atoms with E-state index in [1.807, 2.05) is 43.3 Å². The fourth-order valence-electron chi connectivity index (χ4n) is 3.93. The van der Waals surface area contributed by atoms with Gasteiger partial charge in [-0.05, 0) is 85.5 Å². The van der Waals surface area contributed by atoms with Crippen LogP contribution in [0.2, 0.25) is 0 Å². The first kappa shape index (κ1) is 28.0. The van der Waals surface area contributed by atoms with Crippen LogP contribution >= 0.6 is 0 Å². The van der Waals surface area contributed by atoms with Gasteiger partial charge in [0.25, 0.3) is 5.91 Å². The van der Waals surface area contributed by atoms with Crippen LogP contribution in [0.3, 0.4) is 0 Å². The van der Waals surface area contributed by atoms with Crippen molar-refractivity contribution in [2.75, 3.05) is 12.4 Å². The number of hydrogen-bond donors (Lipinski definition) is 1. The van der Waals surface area contributed by atoms with E-state index in [1.54, 1.807) is 49.6 Å². The number of nitriles is 1. The van der Waals surface area contributed by atoms with Gasteiger partial charge >= 0.3 is 0 Å². The van der Waals surface area contributed by atoms with E-state index in [0.29, 0.717) is 41.7 Å². The molecule has 0 bridgehead atoms. The number of amides is 1. The molecule has 0 fully saturated rings. The zero-order valence-electron chi connectivity index (χ0n) is 23.2. The molecule has 4 rings (SSSR count). The third-order valence-electron chi connectivity index (χ3n) is 6.49. The highest BCUT2D eigenvalue weighted by Gasteiger charge is 2.13. The summed E-state index contributed by atoms with van der Waals surface area (Å²) in [6.45, 7) is 6.95. The van der Waals surface area contributed by atoms with Crippen molar-refractivity contribution in [3.8, 4) is 23.3 Å². The van der Waals surface area contributed by atoms with Crippen LogP contribution in [0.15, 0.2) is 90.5 Å². The lowest BCUT2D eigenvalue weighted by atomic mass is 10.1. The quantitative estimate of drug-likeness (QED) is 0.171. The zero-order valence-corrected chi connectivity index (χ0v) is 23.2. The van der Waals surface area contributed by atoms with Crippen LogP contribution in [0.4, 0.5) is 5.69 Å². The first-order chi connectivity index (χ1) is 19.3. The van der Waals surface area contributed by atoms with E-state index in [2.05, 4.69) is 31.3 Å². The predicted molar refractivity (Wildman–Crippen MR) is 157 cm³/mol. The molecule has 6 heteroatoms. The molecular formula is C34H32N2O4. The van der Waals surface area contributed by atoms with Gasteiger partial charge in [-0.15, -0.1) is 0 Å². The molecule has 6 nitrogen and oxygen atoms in total. The Morgan fingerprint density at radius 2 is 1.48 bits per heavy atom. The topological polar surface area (TPSA) is 80.6 Å². The van der Waals surface area contributed by atoms with Crippen molar-refractivity contribution < 1.29 is 19.0 Å². The highest BCUT2D eigenvalue weighted by molar-refractivity contribution is 6.09. The van der Waals surface area contributed by atoms with Crippen LogP contribution in [-0.2, 0) is 18.0 Å². The molecule has 0 unspecified atom stereocenters. The summed E-state index contributed by atoms with van der Waals surface area (Å²) in [5.74, 6) is 1.28. The number of carbonyl (C=O) groups excluding carboxylic acids is 1. The summed E-state index contributed by atoms with van der Waals surface area (Å²) in [5, 5.41) is 12.5. The van der Waals surface area contributed by atoms with Crippen molar-refractivity contribution in [2.24, 2.45) is 0 Å². The van der Waals surface area contributed by atoms with E-state index in [-0.39, 0.29) is 5.57 Å². The fraction of sp³-hybridized carbons (Fsp3) is 0.176. The lowest BCUT2D eigenvalue weighted by molar-refractivity contribution is -0.112. The number of carbonyl (C=O) groups is 1. The van der Waals surface area contributed by atoms with Crippen molar-refractivity contribution in [3.63, 3.8) is 0 Å². The number of methoxy groups -OCH3 is 1. The van der Waals surface area contributed by atoms with Crippen LogP contribution in [-0.4, -0.2) is 13.0 Å². The van der Waals surface area contributed by atoms with Crippen LogP contribution < -0.4 is 19.5 Å². The Labute approximate surface area is 235 Å². The lowest BCUT2D eigenvalue weighted by Gasteiger charge is -2.13. The van der Waals surface area contributed by atoms with E-state index in [4.69, 9.17) is 14.2 Å². The second-order valence-electron chi connectivity index (χ2n) is 9.53. The van der Waals surface area contributed by atoms with Crippen molar-refractivity contribution in [1.29, 1.82) is 5.26 Å². The van der Waals surface area contributed by atoms with Gasteiger partial charge in [0.05, 0.1) is 7.11 Å². The summed E-state index contributed by atoms with van der Waals surface area (Å²) in [5.41, 5.74) is 6.77. The molecule has 0 saturated heterocycles. The Morgan fingerprint density at radius 1 is 0.800 bits per heavy atom. The molecule has 4 aromatic rings. The van der Waals surface area contributed by atoms with Crippen molar-refractivity contribution in [1.82, 2.24) is 0 Å². The Morgan fingerprint density at radius 3 is 2.15 bits per heavy atom. The van der Waals surface area contributed by atoms with Gasteiger partial charge in [-0.1, -0.05) is 48.0 Å². The van der Waals surface area contributed by atoms with Crippen molar-refractivity contribution >= 4 is 17.7 Å². The van der Waals surface area contributed by atoms with Gasteiger partial charge < -0.3 is 19.5 Å². The summed E-state index contributed by atoms with van der Waals surface area (Å²) in [6, 6.07) is 28.6. The van der Waals surface area contributed by atoms with E-state index >= 15 is 0 Å². The zero-order chi connectivity index (χ0) is 28.5. The van der Waals surface area contributed by atoms with E-state index in [9.17, 15) is 10.1 Å². The maximum absolute atomic E-state index is 13.0. The fourth-order valence-corrected chi connectivity index (χ4v) is 3.93. The van der Waals surface area contributed by atoms with E-state index in [0.717, 1.165) is 11.1 Å². The molecule has 0 aliphatic heterocycles. The summed E-state index contributed by atoms with van der Waals surface area (Å²) < 4.78 is 17.3. The average Bonchev–Trinajstić information content (AvgIpc) is 2.97. The molecule has 1 N–H and O–H groups in total. The number of nitrogens with zero attached hydrogens (tertiary/aromatic N) is 1. The van der Waals surface area contributed by atoms with Gasteiger partial charge in [0.1, 0.15) is 42.1 Å². The molecule has 0 aliphatic rings. The standard InChI is InChI=1S/C34H32N2O4/c1-23-5-8-26(9-6-23)21-39-31-15-12-30(13-16-31)36-34(37)29(20-35)18-28-11-14-32(38-4)19-33(28)40-22-27-10-7-24(2)25(3)17-27/h5-19H,21-22H2,1-4H3,(H,36,37)/b29-18+. The van der Waals surface area contributed by atoms with Crippen LogP contribution in [0.25, 0.3) is 6.08 Å². The number of benzene rings is 4. The molecule has 1 amide bonds. The number of nitrogens with one attached hydrogen (secondary N) is 1. The normalized spacial score (nSPS) is 10.9. The smallest absolute Gasteiger partial charge is 0.266 e. The van der Waals surface area contributed by atoms with Crippen LogP contribution in [0, 0.1) is 32.1 Å². The highest BCUT2D eigenvalue weighted by atomic mass is 16.5. The maximum Gasteiger partial charge on any atom is 0.266 e. The van der Waals surface area contributed by atoms with Gasteiger partial charge in [0, 0.05) is 17.3 Å². The number of ether oxygens (including phenoxy) is 3. The van der Waals surface area contributed by atoms with Crippen molar-refractivity contribution in [3.05, 3.63) is 124 Å². The minimum Gasteiger partial charge on any atom is -0.497 e. The Bertz CT molecular complexity index is 1550. The van der Waals surface area contributed by atoms with Crippen molar-refractivity contribution in [2.45, 2.75) is 34.0 Å². The molecule has 4 aromatic carbocycles. The summed E-state index contributed by atoms with van der Waals surface area (Å²) in [7, 11) is 1.57. The van der Waals surface area contributed by atoms with Gasteiger partial charge in [-0.25, -0.2) is 0 Å². The molecular weight excluding hydrogens is 500 g/mol. The molecule has 0 atom stereocenters. The van der Waals surface area contributed by atoms with Crippen LogP contribution in [0.1, 0.15) is 33.4 Å². The first-order valence-corrected chi connectivity index (χ1v) is 12.9. The highest BCUT2D eigenvalue weighted by Crippen LogP contribution is 2.28. The Kier molecular flexibility index (Phi) is 9.22. The van der Waals surface area contributed by atoms with Crippen LogP contribution in [0.5, 0.6) is 17.2 Å². The maximum atomic E-state index is 13.0. The third kappa shape index (κ3) is 7.52. The van der Waals surface area contributed by atoms with Gasteiger partial charge in [-0.3, -0.25) is 4.79 Å². The molecule has 40 heavy (non-hydrogen) atoms. The van der Waals surface area contributed by atoms with E-state index < -0.39 is 5.91 Å².